The molecule has 0 aliphatic rings. The third-order valence-electron chi connectivity index (χ3n) is 3.63. The number of nitrogens with one attached hydrogen (secondary N) is 1. The first-order valence-electron chi connectivity index (χ1n) is 8.21. The maximum Gasteiger partial charge on any atom is 0.411 e. The monoisotopic (exact) mass is 398 g/mol. The Labute approximate surface area is 165 Å². The van der Waals surface area contributed by atoms with Gasteiger partial charge in [-0.25, -0.2) is 4.79 Å². The van der Waals surface area contributed by atoms with Gasteiger partial charge in [-0.05, 0) is 42.0 Å². The lowest BCUT2D eigenvalue weighted by atomic mass is 10.2. The van der Waals surface area contributed by atoms with Gasteiger partial charge < -0.3 is 9.47 Å². The number of carbonyl (C=O) groups excluding carboxylic acids is 1. The third-order valence-corrected chi connectivity index (χ3v) is 3.87. The average molecular weight is 399 g/mol. The Morgan fingerprint density at radius 1 is 1.04 bits per heavy atom. The van der Waals surface area contributed by atoms with Crippen molar-refractivity contribution in [2.75, 3.05) is 5.32 Å². The molecule has 0 aliphatic heterocycles. The molecule has 28 heavy (non-hydrogen) atoms. The van der Waals surface area contributed by atoms with E-state index in [1.165, 1.54) is 12.1 Å². The number of para-hydroxylation sites is 1. The molecule has 1 amide bonds. The summed E-state index contributed by atoms with van der Waals surface area (Å²) in [6, 6.07) is 19.7. The molecule has 0 aromatic heterocycles. The molecular weight excluding hydrogens is 384 g/mol. The predicted octanol–water partition coefficient (Wildman–Crippen LogP) is 5.79. The van der Waals surface area contributed by atoms with E-state index in [2.05, 4.69) is 5.32 Å². The fourth-order valence-corrected chi connectivity index (χ4v) is 2.56. The number of rotatable bonds is 6. The summed E-state index contributed by atoms with van der Waals surface area (Å²) in [5.74, 6) is 0.582. The normalized spacial score (nSPS) is 10.2. The van der Waals surface area contributed by atoms with E-state index in [1.807, 2.05) is 6.07 Å². The minimum atomic E-state index is -0.700. The lowest BCUT2D eigenvalue weighted by Gasteiger charge is -2.09. The number of hydrogen-bond acceptors (Lipinski definition) is 5. The second kappa shape index (κ2) is 8.88. The topological polar surface area (TPSA) is 90.7 Å². The van der Waals surface area contributed by atoms with Crippen LogP contribution in [0.5, 0.6) is 11.5 Å². The fourth-order valence-electron chi connectivity index (χ4n) is 2.37. The van der Waals surface area contributed by atoms with Gasteiger partial charge in [0.2, 0.25) is 5.75 Å². The molecule has 3 aromatic carbocycles. The molecule has 0 saturated carbocycles. The smallest absolute Gasteiger partial charge is 0.411 e. The van der Waals surface area contributed by atoms with Crippen molar-refractivity contribution in [2.45, 2.75) is 6.61 Å². The summed E-state index contributed by atoms with van der Waals surface area (Å²) in [6.07, 6.45) is -0.700. The SMILES string of the molecule is O=C(Nc1cccc(Cl)c1)OCc1ccc(Oc2ccccc2)c([N+](=O)[O-])c1. The summed E-state index contributed by atoms with van der Waals surface area (Å²) in [7, 11) is 0. The van der Waals surface area contributed by atoms with Crippen LogP contribution in [0.25, 0.3) is 0 Å². The summed E-state index contributed by atoms with van der Waals surface area (Å²) in [5.41, 5.74) is 0.712. The minimum absolute atomic E-state index is 0.100. The molecule has 0 radical (unpaired) electrons. The van der Waals surface area contributed by atoms with Crippen LogP contribution in [-0.4, -0.2) is 11.0 Å². The van der Waals surface area contributed by atoms with Crippen LogP contribution in [0.2, 0.25) is 5.02 Å². The highest BCUT2D eigenvalue weighted by Gasteiger charge is 2.17. The second-order valence-electron chi connectivity index (χ2n) is 5.69. The molecule has 7 nitrogen and oxygen atoms in total. The van der Waals surface area contributed by atoms with Crippen LogP contribution in [0.4, 0.5) is 16.2 Å². The zero-order chi connectivity index (χ0) is 19.9. The summed E-state index contributed by atoms with van der Waals surface area (Å²) in [4.78, 5) is 22.7. The van der Waals surface area contributed by atoms with E-state index in [1.54, 1.807) is 54.6 Å². The van der Waals surface area contributed by atoms with Crippen molar-refractivity contribution in [3.05, 3.63) is 93.5 Å². The van der Waals surface area contributed by atoms with Crippen LogP contribution in [0, 0.1) is 10.1 Å². The van der Waals surface area contributed by atoms with Gasteiger partial charge in [0.25, 0.3) is 0 Å². The summed E-state index contributed by atoms with van der Waals surface area (Å²) >= 11 is 5.85. The molecule has 0 aliphatic carbocycles. The number of nitrogens with zero attached hydrogens (tertiary/aromatic N) is 1. The van der Waals surface area contributed by atoms with Crippen molar-refractivity contribution in [2.24, 2.45) is 0 Å². The molecule has 142 valence electrons. The number of hydrogen-bond donors (Lipinski definition) is 1. The van der Waals surface area contributed by atoms with Gasteiger partial charge in [-0.1, -0.05) is 41.9 Å². The highest BCUT2D eigenvalue weighted by molar-refractivity contribution is 6.30. The van der Waals surface area contributed by atoms with Gasteiger partial charge in [0, 0.05) is 16.8 Å². The molecular formula is C20H15ClN2O5. The van der Waals surface area contributed by atoms with Crippen molar-refractivity contribution < 1.29 is 19.2 Å². The maximum atomic E-state index is 11.9. The average Bonchev–Trinajstić information content (AvgIpc) is 2.68. The molecule has 3 aromatic rings. The van der Waals surface area contributed by atoms with E-state index in [-0.39, 0.29) is 18.0 Å². The van der Waals surface area contributed by atoms with Crippen molar-refractivity contribution in [1.29, 1.82) is 0 Å². The lowest BCUT2D eigenvalue weighted by Crippen LogP contribution is -2.13. The first-order valence-corrected chi connectivity index (χ1v) is 8.58. The number of carbonyl (C=O) groups is 1. The van der Waals surface area contributed by atoms with E-state index in [4.69, 9.17) is 21.1 Å². The standard InChI is InChI=1S/C20H15ClN2O5/c21-15-5-4-6-16(12-15)22-20(24)27-13-14-9-10-19(18(11-14)23(25)26)28-17-7-2-1-3-8-17/h1-12H,13H2,(H,22,24). The Morgan fingerprint density at radius 2 is 1.82 bits per heavy atom. The number of anilines is 1. The summed E-state index contributed by atoms with van der Waals surface area (Å²) in [6.45, 7) is -0.140. The third kappa shape index (κ3) is 5.21. The molecule has 0 atom stereocenters. The van der Waals surface area contributed by atoms with E-state index in [9.17, 15) is 14.9 Å². The van der Waals surface area contributed by atoms with Gasteiger partial charge in [-0.2, -0.15) is 0 Å². The molecule has 0 spiro atoms. The quantitative estimate of drug-likeness (QED) is 0.419. The molecule has 0 unspecified atom stereocenters. The lowest BCUT2D eigenvalue weighted by molar-refractivity contribution is -0.385. The number of amides is 1. The van der Waals surface area contributed by atoms with Gasteiger partial charge in [0.1, 0.15) is 12.4 Å². The van der Waals surface area contributed by atoms with E-state index in [0.29, 0.717) is 22.0 Å². The largest absolute Gasteiger partial charge is 0.450 e. The molecule has 3 rings (SSSR count). The van der Waals surface area contributed by atoms with Gasteiger partial charge in [0.15, 0.2) is 0 Å². The molecule has 0 bridgehead atoms. The fraction of sp³-hybridized carbons (Fsp3) is 0.0500. The first kappa shape index (κ1) is 19.2. The zero-order valence-corrected chi connectivity index (χ0v) is 15.3. The molecule has 0 fully saturated rings. The van der Waals surface area contributed by atoms with Crippen LogP contribution < -0.4 is 10.1 Å². The van der Waals surface area contributed by atoms with Crippen LogP contribution in [0.3, 0.4) is 0 Å². The summed E-state index contributed by atoms with van der Waals surface area (Å²) in [5, 5.41) is 14.4. The van der Waals surface area contributed by atoms with Crippen molar-refractivity contribution >= 4 is 29.1 Å². The van der Waals surface area contributed by atoms with Crippen LogP contribution in [0.15, 0.2) is 72.8 Å². The minimum Gasteiger partial charge on any atom is -0.450 e. The Morgan fingerprint density at radius 3 is 2.54 bits per heavy atom. The number of halogens is 1. The number of nitro groups is 1. The van der Waals surface area contributed by atoms with E-state index < -0.39 is 11.0 Å². The first-order chi connectivity index (χ1) is 13.5. The summed E-state index contributed by atoms with van der Waals surface area (Å²) < 4.78 is 10.7. The molecule has 0 heterocycles. The van der Waals surface area contributed by atoms with Gasteiger partial charge in [-0.15, -0.1) is 0 Å². The van der Waals surface area contributed by atoms with Crippen molar-refractivity contribution in [3.8, 4) is 11.5 Å². The Bertz CT molecular complexity index is 995. The Kier molecular flexibility index (Phi) is 6.08. The molecule has 8 heteroatoms. The van der Waals surface area contributed by atoms with Crippen molar-refractivity contribution in [1.82, 2.24) is 0 Å². The van der Waals surface area contributed by atoms with E-state index in [0.717, 1.165) is 0 Å². The molecule has 0 saturated heterocycles. The van der Waals surface area contributed by atoms with Crippen molar-refractivity contribution in [3.63, 3.8) is 0 Å². The number of benzene rings is 3. The van der Waals surface area contributed by atoms with Crippen LogP contribution >= 0.6 is 11.6 Å². The second-order valence-corrected chi connectivity index (χ2v) is 6.12. The molecule has 1 N–H and O–H groups in total. The predicted molar refractivity (Wildman–Crippen MR) is 105 cm³/mol. The van der Waals surface area contributed by atoms with Gasteiger partial charge >= 0.3 is 11.8 Å². The number of nitro benzene ring substituents is 1. The zero-order valence-electron chi connectivity index (χ0n) is 14.5. The highest BCUT2D eigenvalue weighted by atomic mass is 35.5. The Hall–Kier alpha value is -3.58. The van der Waals surface area contributed by atoms with E-state index >= 15 is 0 Å². The van der Waals surface area contributed by atoms with Crippen LogP contribution in [-0.2, 0) is 11.3 Å². The Balaban J connectivity index is 1.66. The number of ether oxygens (including phenoxy) is 2. The van der Waals surface area contributed by atoms with Gasteiger partial charge in [0.05, 0.1) is 4.92 Å². The van der Waals surface area contributed by atoms with Gasteiger partial charge in [-0.3, -0.25) is 15.4 Å². The highest BCUT2D eigenvalue weighted by Crippen LogP contribution is 2.32. The maximum absolute atomic E-state index is 11.9. The van der Waals surface area contributed by atoms with Crippen LogP contribution in [0.1, 0.15) is 5.56 Å².